The average Bonchev–Trinajstić information content (AvgIpc) is 3.61. The van der Waals surface area contributed by atoms with Gasteiger partial charge in [0.1, 0.15) is 19.8 Å². The Kier molecular flexibility index (Phi) is 63.4. The van der Waals surface area contributed by atoms with Crippen LogP contribution in [0.5, 0.6) is 0 Å². The molecule has 2 unspecified atom stereocenters. The van der Waals surface area contributed by atoms with Crippen molar-refractivity contribution in [1.29, 1.82) is 0 Å². The van der Waals surface area contributed by atoms with Gasteiger partial charge in [-0.15, -0.1) is 0 Å². The van der Waals surface area contributed by atoms with Crippen LogP contribution in [-0.2, 0) is 32.7 Å². The molecule has 0 aromatic rings. The van der Waals surface area contributed by atoms with Crippen molar-refractivity contribution in [2.24, 2.45) is 0 Å². The van der Waals surface area contributed by atoms with Crippen LogP contribution in [0.15, 0.2) is 219 Å². The maximum Gasteiger partial charge on any atom is 0.472 e. The van der Waals surface area contributed by atoms with E-state index >= 15 is 0 Å². The van der Waals surface area contributed by atoms with Crippen LogP contribution in [0.2, 0.25) is 0 Å². The third-order valence-electron chi connectivity index (χ3n) is 13.5. The summed E-state index contributed by atoms with van der Waals surface area (Å²) in [6.45, 7) is 4.12. The van der Waals surface area contributed by atoms with Gasteiger partial charge in [-0.3, -0.25) is 18.6 Å². The Labute approximate surface area is 550 Å². The first-order valence-corrected chi connectivity index (χ1v) is 36.0. The summed E-state index contributed by atoms with van der Waals surface area (Å²) < 4.78 is 34.6. The molecule has 0 amide bonds. The van der Waals surface area contributed by atoms with Gasteiger partial charge in [0.2, 0.25) is 0 Å². The summed E-state index contributed by atoms with van der Waals surface area (Å²) in [6.07, 6.45) is 109. The molecule has 0 aliphatic rings. The van der Waals surface area contributed by atoms with Crippen LogP contribution in [-0.4, -0.2) is 74.9 Å². The van der Waals surface area contributed by atoms with Crippen LogP contribution in [0, 0.1) is 0 Å². The summed E-state index contributed by atoms with van der Waals surface area (Å²) in [7, 11) is 1.41. The molecule has 2 atom stereocenters. The van der Waals surface area contributed by atoms with Crippen LogP contribution < -0.4 is 0 Å². The summed E-state index contributed by atoms with van der Waals surface area (Å²) in [5, 5.41) is 0. The van der Waals surface area contributed by atoms with Crippen molar-refractivity contribution in [2.75, 3.05) is 47.5 Å². The van der Waals surface area contributed by atoms with Crippen molar-refractivity contribution < 1.29 is 42.1 Å². The average molecular weight is 1260 g/mol. The van der Waals surface area contributed by atoms with Crippen molar-refractivity contribution in [2.45, 2.75) is 225 Å². The molecule has 10 heteroatoms. The zero-order valence-electron chi connectivity index (χ0n) is 57.0. The second kappa shape index (κ2) is 67.7. The molecule has 0 bridgehead atoms. The number of phosphoric ester groups is 1. The highest BCUT2D eigenvalue weighted by atomic mass is 31.2. The van der Waals surface area contributed by atoms with E-state index in [1.165, 1.54) is 12.8 Å². The first kappa shape index (κ1) is 84.3. The van der Waals surface area contributed by atoms with E-state index in [1.54, 1.807) is 0 Å². The van der Waals surface area contributed by atoms with Crippen LogP contribution in [0.25, 0.3) is 0 Å². The molecule has 9 nitrogen and oxygen atoms in total. The second-order valence-electron chi connectivity index (χ2n) is 23.1. The number of unbranched alkanes of at least 4 members (excludes halogenated alkanes) is 10. The lowest BCUT2D eigenvalue weighted by Gasteiger charge is -2.24. The molecule has 1 N–H and O–H groups in total. The number of likely N-dealkylation sites (N-methyl/N-ethyl adjacent to an activating group) is 1. The van der Waals surface area contributed by atoms with Crippen molar-refractivity contribution in [3.8, 4) is 0 Å². The number of allylic oxidation sites excluding steroid dienone is 36. The zero-order chi connectivity index (χ0) is 65.5. The first-order valence-electron chi connectivity index (χ1n) is 34.5. The summed E-state index contributed by atoms with van der Waals surface area (Å²) in [5.74, 6) is -0.868. The van der Waals surface area contributed by atoms with Gasteiger partial charge < -0.3 is 18.9 Å². The first-order chi connectivity index (χ1) is 44.0. The molecule has 0 aliphatic heterocycles. The molecule has 0 aromatic heterocycles. The highest BCUT2D eigenvalue weighted by molar-refractivity contribution is 7.47. The highest BCUT2D eigenvalue weighted by Gasteiger charge is 2.27. The number of hydrogen-bond donors (Lipinski definition) is 1. The highest BCUT2D eigenvalue weighted by Crippen LogP contribution is 2.43. The topological polar surface area (TPSA) is 108 Å². The number of carbonyl (C=O) groups excluding carboxylic acids is 2. The van der Waals surface area contributed by atoms with Crippen molar-refractivity contribution in [1.82, 2.24) is 0 Å². The minimum atomic E-state index is -4.42. The van der Waals surface area contributed by atoms with E-state index in [1.807, 2.05) is 21.1 Å². The number of phosphoric acid groups is 1. The van der Waals surface area contributed by atoms with Crippen molar-refractivity contribution >= 4 is 19.8 Å². The van der Waals surface area contributed by atoms with E-state index < -0.39 is 32.5 Å². The fourth-order valence-electron chi connectivity index (χ4n) is 8.29. The Morgan fingerprint density at radius 1 is 0.344 bits per heavy atom. The Hall–Kier alpha value is -5.67. The molecule has 0 aromatic carbocycles. The summed E-state index contributed by atoms with van der Waals surface area (Å²) in [5.41, 5.74) is 0. The monoisotopic (exact) mass is 1260 g/mol. The molecule has 0 fully saturated rings. The normalized spacial score (nSPS) is 14.5. The lowest BCUT2D eigenvalue weighted by atomic mass is 10.1. The molecule has 90 heavy (non-hydrogen) atoms. The SMILES string of the molecule is CC/C=C\C/C=C\C/C=C\C/C=C\C/C=C\C/C=C\C/C=C\C/C=C\C/C=C\CCCCCCCCCC(=O)OC(COC(=O)CCCCC/C=C\C/C=C\C/C=C\C/C=C\C/C=C\C/C=C\C/C=C\C/C=C\C/C=C\CC)COP(=O)(O)OCC[N+](C)(C)C. The van der Waals surface area contributed by atoms with Gasteiger partial charge in [0.25, 0.3) is 0 Å². The van der Waals surface area contributed by atoms with E-state index in [-0.39, 0.29) is 26.1 Å². The maximum absolute atomic E-state index is 12.9. The minimum absolute atomic E-state index is 0.0103. The molecular formula is C80H125NO8P+. The number of quaternary nitrogens is 1. The van der Waals surface area contributed by atoms with Crippen molar-refractivity contribution in [3.63, 3.8) is 0 Å². The molecule has 0 heterocycles. The number of esters is 2. The van der Waals surface area contributed by atoms with Gasteiger partial charge in [-0.1, -0.05) is 271 Å². The third-order valence-corrected chi connectivity index (χ3v) is 14.5. The van der Waals surface area contributed by atoms with E-state index in [0.717, 1.165) is 167 Å². The predicted octanol–water partition coefficient (Wildman–Crippen LogP) is 22.8. The third kappa shape index (κ3) is 71.4. The fourth-order valence-corrected chi connectivity index (χ4v) is 9.03. The van der Waals surface area contributed by atoms with Gasteiger partial charge in [-0.25, -0.2) is 4.57 Å². The Balaban J connectivity index is 4.26. The standard InChI is InChI=1S/C80H124NO8P/c1-6-8-10-12-14-16-18-20-22-24-26-28-30-32-34-36-38-39-40-41-43-45-47-49-51-53-55-57-59-61-63-65-67-69-71-73-80(83)89-78(77-88-90(84,85)87-75-74-81(3,4)5)76-86-79(82)72-70-68-66-64-62-60-58-56-54-52-50-48-46-44-42-37-35-33-31-29-27-25-23-21-19-17-15-13-11-9-7-2/h8-11,14-17,20-23,26-29,32-35,38-39,41-44,47-50,53-56,60,62,78H,6-7,12-13,18-19,24-25,30-31,36-37,40,45-46,51-52,57-59,61,63-77H2,1-5H3/p+1/b10-8-,11-9-,16-14-,17-15-,22-20-,23-21-,28-26-,29-27-,34-32-,35-33-,39-38-,43-41-,44-42-,49-47-,50-48-,55-53-,56-54-,62-60-. The molecular weight excluding hydrogens is 1130 g/mol. The summed E-state index contributed by atoms with van der Waals surface area (Å²) in [6, 6.07) is 0. The largest absolute Gasteiger partial charge is 0.472 e. The van der Waals surface area contributed by atoms with Crippen LogP contribution >= 0.6 is 7.82 Å². The van der Waals surface area contributed by atoms with E-state index in [4.69, 9.17) is 18.5 Å². The van der Waals surface area contributed by atoms with E-state index in [9.17, 15) is 19.0 Å². The molecule has 0 spiro atoms. The van der Waals surface area contributed by atoms with Gasteiger partial charge in [0, 0.05) is 12.8 Å². The maximum atomic E-state index is 12.9. The van der Waals surface area contributed by atoms with Crippen LogP contribution in [0.4, 0.5) is 0 Å². The van der Waals surface area contributed by atoms with Gasteiger partial charge in [-0.05, 0) is 154 Å². The van der Waals surface area contributed by atoms with E-state index in [0.29, 0.717) is 23.9 Å². The molecule has 502 valence electrons. The van der Waals surface area contributed by atoms with Gasteiger partial charge in [-0.2, -0.15) is 0 Å². The number of rotatable bonds is 60. The minimum Gasteiger partial charge on any atom is -0.462 e. The zero-order valence-corrected chi connectivity index (χ0v) is 57.9. The number of nitrogens with zero attached hydrogens (tertiary/aromatic N) is 1. The second-order valence-corrected chi connectivity index (χ2v) is 24.5. The number of hydrogen-bond acceptors (Lipinski definition) is 7. The Bertz CT molecular complexity index is 2320. The summed E-state index contributed by atoms with van der Waals surface area (Å²) in [4.78, 5) is 35.9. The molecule has 0 saturated heterocycles. The van der Waals surface area contributed by atoms with Crippen LogP contribution in [0.3, 0.4) is 0 Å². The Morgan fingerprint density at radius 3 is 0.900 bits per heavy atom. The number of carbonyl (C=O) groups is 2. The lowest BCUT2D eigenvalue weighted by molar-refractivity contribution is -0.870. The fraction of sp³-hybridized carbons (Fsp3) is 0.525. The van der Waals surface area contributed by atoms with Crippen molar-refractivity contribution in [3.05, 3.63) is 219 Å². The summed E-state index contributed by atoms with van der Waals surface area (Å²) >= 11 is 0. The lowest BCUT2D eigenvalue weighted by Crippen LogP contribution is -2.37. The van der Waals surface area contributed by atoms with Crippen LogP contribution in [0.1, 0.15) is 219 Å². The van der Waals surface area contributed by atoms with Gasteiger partial charge in [0.05, 0.1) is 27.7 Å². The molecule has 0 aliphatic carbocycles. The number of ether oxygens (including phenoxy) is 2. The van der Waals surface area contributed by atoms with E-state index in [2.05, 4.69) is 233 Å². The van der Waals surface area contributed by atoms with Gasteiger partial charge in [0.15, 0.2) is 6.10 Å². The smallest absolute Gasteiger partial charge is 0.462 e. The molecule has 0 radical (unpaired) electrons. The predicted molar refractivity (Wildman–Crippen MR) is 389 cm³/mol. The molecule has 0 rings (SSSR count). The quantitative estimate of drug-likeness (QED) is 0.0211. The Morgan fingerprint density at radius 2 is 0.600 bits per heavy atom. The van der Waals surface area contributed by atoms with Gasteiger partial charge >= 0.3 is 19.8 Å². The molecule has 0 saturated carbocycles.